The first kappa shape index (κ1) is 35.1. The first-order chi connectivity index (χ1) is 24.9. The molecule has 1 aliphatic heterocycles. The zero-order chi connectivity index (χ0) is 35.5. The zero-order valence-electron chi connectivity index (χ0n) is 30.2. The van der Waals surface area contributed by atoms with Gasteiger partial charge in [-0.3, -0.25) is 5.01 Å². The molecule has 0 bridgehead atoms. The number of hydrogen-bond acceptors (Lipinski definition) is 7. The monoisotopic (exact) mass is 680 g/mol. The number of anilines is 5. The van der Waals surface area contributed by atoms with Gasteiger partial charge in [-0.25, -0.2) is 4.57 Å². The summed E-state index contributed by atoms with van der Waals surface area (Å²) in [5.41, 5.74) is 15.8. The summed E-state index contributed by atoms with van der Waals surface area (Å²) in [6.07, 6.45) is 13.0. The predicted octanol–water partition coefficient (Wildman–Crippen LogP) is 9.01. The quantitative estimate of drug-likeness (QED) is 0.0419. The van der Waals surface area contributed by atoms with Gasteiger partial charge >= 0.3 is 0 Å². The lowest BCUT2D eigenvalue weighted by Crippen LogP contribution is -2.32. The van der Waals surface area contributed by atoms with Crippen molar-refractivity contribution in [1.29, 1.82) is 0 Å². The largest absolute Gasteiger partial charge is 0.497 e. The van der Waals surface area contributed by atoms with Gasteiger partial charge < -0.3 is 25.8 Å². The summed E-state index contributed by atoms with van der Waals surface area (Å²) in [6, 6.07) is 39.4. The number of hydrogen-bond donors (Lipinski definition) is 3. The van der Waals surface area contributed by atoms with E-state index < -0.39 is 0 Å². The molecule has 0 fully saturated rings. The molecular weight excluding hydrogens is 631 g/mol. The highest BCUT2D eigenvalue weighted by molar-refractivity contribution is 5.79. The minimum atomic E-state index is -0.109. The molecule has 1 aliphatic rings. The van der Waals surface area contributed by atoms with Gasteiger partial charge in [-0.05, 0) is 85.1 Å². The van der Waals surface area contributed by atoms with Crippen molar-refractivity contribution in [2.45, 2.75) is 51.5 Å². The molecule has 0 spiro atoms. The molecule has 0 saturated heterocycles. The van der Waals surface area contributed by atoms with E-state index in [1.165, 1.54) is 29.8 Å². The maximum Gasteiger partial charge on any atom is 0.169 e. The van der Waals surface area contributed by atoms with Gasteiger partial charge in [0.25, 0.3) is 0 Å². The Morgan fingerprint density at radius 3 is 2.14 bits per heavy atom. The van der Waals surface area contributed by atoms with Gasteiger partial charge in [0.05, 0.1) is 24.7 Å². The number of ether oxygens (including phenoxy) is 1. The van der Waals surface area contributed by atoms with E-state index in [2.05, 4.69) is 136 Å². The topological polar surface area (TPSA) is 68.0 Å². The van der Waals surface area contributed by atoms with Crippen molar-refractivity contribution in [2.75, 3.05) is 41.4 Å². The Hall–Kier alpha value is -5.76. The molecule has 0 aliphatic carbocycles. The van der Waals surface area contributed by atoms with Crippen LogP contribution in [0.4, 0.5) is 28.4 Å². The number of hydrazine groups is 1. The van der Waals surface area contributed by atoms with Gasteiger partial charge in [0.2, 0.25) is 0 Å². The molecule has 6 rings (SSSR count). The number of hydrazone groups is 1. The maximum atomic E-state index is 5.26. The molecule has 0 radical (unpaired) electrons. The number of aryl methyl sites for hydroxylation is 1. The van der Waals surface area contributed by atoms with Crippen LogP contribution in [-0.2, 0) is 12.0 Å². The molecule has 8 nitrogen and oxygen atoms in total. The highest BCUT2D eigenvalue weighted by Crippen LogP contribution is 2.47. The number of nitrogens with one attached hydrogen (secondary N) is 3. The highest BCUT2D eigenvalue weighted by Gasteiger charge is 2.39. The van der Waals surface area contributed by atoms with Gasteiger partial charge in [0.1, 0.15) is 12.3 Å². The number of allylic oxidation sites excluding steroid dienone is 1. The van der Waals surface area contributed by atoms with Crippen LogP contribution in [0.3, 0.4) is 0 Å². The van der Waals surface area contributed by atoms with E-state index in [-0.39, 0.29) is 5.41 Å². The standard InChI is InChI=1S/C43H49N7O/c1-43(2)40-16-10-11-17-41(40)50(42(43)33-44-47-37-20-18-35(19-21-37)46-36-22-24-39(51-4)25-23-36)29-13-6-5-12-28-49-30-26-34(27-31-49)32-45-48(3)38-14-8-7-9-15-38/h7-11,14-27,30-33,45H,5-6,12-13,28-29H2,1-4H3,(H,44,46)/p+1. The fourth-order valence-corrected chi connectivity index (χ4v) is 6.49. The van der Waals surface area contributed by atoms with E-state index in [0.29, 0.717) is 0 Å². The summed E-state index contributed by atoms with van der Waals surface area (Å²) in [6.45, 7) is 6.63. The van der Waals surface area contributed by atoms with E-state index in [4.69, 9.17) is 4.74 Å². The van der Waals surface area contributed by atoms with Crippen LogP contribution in [-0.4, -0.2) is 26.9 Å². The van der Waals surface area contributed by atoms with E-state index in [1.807, 2.05) is 60.7 Å². The molecule has 3 N–H and O–H groups in total. The van der Waals surface area contributed by atoms with E-state index >= 15 is 0 Å². The number of nitrogens with zero attached hydrogens (tertiary/aromatic N) is 4. The first-order valence-electron chi connectivity index (χ1n) is 17.8. The smallest absolute Gasteiger partial charge is 0.169 e. The maximum absolute atomic E-state index is 5.26. The summed E-state index contributed by atoms with van der Waals surface area (Å²) in [7, 11) is 3.64. The summed E-state index contributed by atoms with van der Waals surface area (Å²) < 4.78 is 7.53. The van der Waals surface area contributed by atoms with E-state index in [1.54, 1.807) is 7.11 Å². The lowest BCUT2D eigenvalue weighted by atomic mass is 9.84. The average molecular weight is 681 g/mol. The lowest BCUT2D eigenvalue weighted by Gasteiger charge is -2.27. The Morgan fingerprint density at radius 2 is 1.41 bits per heavy atom. The summed E-state index contributed by atoms with van der Waals surface area (Å²) in [5, 5.41) is 9.90. The van der Waals surface area contributed by atoms with Crippen LogP contribution < -0.4 is 35.4 Å². The number of fused-ring (bicyclic) bond motifs is 1. The number of unbranched alkanes of at least 4 members (excludes halogenated alkanes) is 3. The third-order valence-corrected chi connectivity index (χ3v) is 9.46. The Kier molecular flexibility index (Phi) is 11.5. The molecule has 0 unspecified atom stereocenters. The van der Waals surface area contributed by atoms with Gasteiger partial charge in [0, 0.05) is 72.1 Å². The molecule has 2 heterocycles. The molecule has 0 atom stereocenters. The first-order valence-corrected chi connectivity index (χ1v) is 17.8. The minimum Gasteiger partial charge on any atom is -0.497 e. The second-order valence-electron chi connectivity index (χ2n) is 13.4. The molecule has 262 valence electrons. The van der Waals surface area contributed by atoms with Gasteiger partial charge in [-0.2, -0.15) is 5.10 Å². The van der Waals surface area contributed by atoms with Crippen LogP contribution in [0.2, 0.25) is 0 Å². The Labute approximate surface area is 303 Å². The van der Waals surface area contributed by atoms with Crippen LogP contribution in [0.15, 0.2) is 145 Å². The van der Waals surface area contributed by atoms with Crippen LogP contribution >= 0.6 is 0 Å². The average Bonchev–Trinajstić information content (AvgIpc) is 3.38. The van der Waals surface area contributed by atoms with Gasteiger partial charge in [0.15, 0.2) is 12.4 Å². The van der Waals surface area contributed by atoms with Crippen LogP contribution in [0.1, 0.15) is 50.7 Å². The SMILES string of the molecule is COc1ccc(Nc2ccc(NNC=C3N(CCCCCC[n+]4ccc(C=NN(C)c5ccccc5)cc4)c4ccccc4C3(C)C)cc2)cc1. The summed E-state index contributed by atoms with van der Waals surface area (Å²) in [5.74, 6) is 0.843. The number of benzene rings is 4. The van der Waals surface area contributed by atoms with Crippen LogP contribution in [0.25, 0.3) is 0 Å². The molecular formula is C43H50N7O+. The van der Waals surface area contributed by atoms with Crippen molar-refractivity contribution < 1.29 is 9.30 Å². The van der Waals surface area contributed by atoms with Crippen molar-refractivity contribution in [2.24, 2.45) is 5.10 Å². The summed E-state index contributed by atoms with van der Waals surface area (Å²) >= 11 is 0. The van der Waals surface area contributed by atoms with Crippen LogP contribution in [0.5, 0.6) is 5.75 Å². The predicted molar refractivity (Wildman–Crippen MR) is 212 cm³/mol. The normalized spacial score (nSPS) is 14.0. The van der Waals surface area contributed by atoms with E-state index in [0.717, 1.165) is 60.0 Å². The molecule has 0 saturated carbocycles. The third kappa shape index (κ3) is 9.08. The Morgan fingerprint density at radius 1 is 0.765 bits per heavy atom. The fraction of sp³-hybridized carbons (Fsp3) is 0.256. The minimum absolute atomic E-state index is 0.109. The Balaban J connectivity index is 0.974. The second-order valence-corrected chi connectivity index (χ2v) is 13.4. The molecule has 8 heteroatoms. The number of aromatic nitrogens is 1. The second kappa shape index (κ2) is 16.8. The third-order valence-electron chi connectivity index (χ3n) is 9.46. The lowest BCUT2D eigenvalue weighted by molar-refractivity contribution is -0.697. The number of methoxy groups -OCH3 is 1. The number of pyridine rings is 1. The van der Waals surface area contributed by atoms with Gasteiger partial charge in [-0.1, -0.05) is 56.7 Å². The fourth-order valence-electron chi connectivity index (χ4n) is 6.49. The zero-order valence-corrected chi connectivity index (χ0v) is 30.2. The van der Waals surface area contributed by atoms with Crippen molar-refractivity contribution >= 4 is 34.7 Å². The molecule has 4 aromatic carbocycles. The van der Waals surface area contributed by atoms with Crippen molar-refractivity contribution in [3.05, 3.63) is 151 Å². The van der Waals surface area contributed by atoms with E-state index in [9.17, 15) is 0 Å². The molecule has 51 heavy (non-hydrogen) atoms. The summed E-state index contributed by atoms with van der Waals surface area (Å²) in [4.78, 5) is 2.50. The molecule has 1 aromatic heterocycles. The van der Waals surface area contributed by atoms with Crippen molar-refractivity contribution in [3.8, 4) is 5.75 Å². The highest BCUT2D eigenvalue weighted by atomic mass is 16.5. The van der Waals surface area contributed by atoms with Crippen molar-refractivity contribution in [3.63, 3.8) is 0 Å². The van der Waals surface area contributed by atoms with Crippen molar-refractivity contribution in [1.82, 2.24) is 5.43 Å². The molecule has 5 aromatic rings. The Bertz CT molecular complexity index is 1890. The number of para-hydroxylation sites is 2. The number of rotatable bonds is 16. The van der Waals surface area contributed by atoms with Crippen LogP contribution in [0, 0.1) is 0 Å². The molecule has 0 amide bonds. The van der Waals surface area contributed by atoms with Gasteiger partial charge in [-0.15, -0.1) is 0 Å².